The lowest BCUT2D eigenvalue weighted by atomic mass is 10.1. The molecule has 0 aliphatic carbocycles. The molecular formula is C22H19N3O2S. The maximum absolute atomic E-state index is 12.2. The molecule has 0 amide bonds. The van der Waals surface area contributed by atoms with Crippen molar-refractivity contribution in [3.63, 3.8) is 0 Å². The molecule has 0 bridgehead atoms. The van der Waals surface area contributed by atoms with E-state index in [9.17, 15) is 4.79 Å². The predicted molar refractivity (Wildman–Crippen MR) is 116 cm³/mol. The Morgan fingerprint density at radius 2 is 1.64 bits per heavy atom. The van der Waals surface area contributed by atoms with Gasteiger partial charge in [0, 0.05) is 5.69 Å². The first-order valence-corrected chi connectivity index (χ1v) is 9.05. The first-order chi connectivity index (χ1) is 13.6. The fourth-order valence-corrected chi connectivity index (χ4v) is 2.60. The molecular weight excluding hydrogens is 370 g/mol. The predicted octanol–water partition coefficient (Wildman–Crippen LogP) is 4.53. The maximum Gasteiger partial charge on any atom is 0.343 e. The molecule has 0 aliphatic heterocycles. The summed E-state index contributed by atoms with van der Waals surface area (Å²) in [5.41, 5.74) is 5.91. The van der Waals surface area contributed by atoms with Crippen LogP contribution in [0.15, 0.2) is 84.0 Å². The number of nitrogens with zero attached hydrogens (tertiary/aromatic N) is 1. The van der Waals surface area contributed by atoms with Crippen LogP contribution in [-0.4, -0.2) is 17.3 Å². The molecule has 6 heteroatoms. The third-order valence-corrected chi connectivity index (χ3v) is 4.06. The van der Waals surface area contributed by atoms with Crippen molar-refractivity contribution >= 4 is 35.2 Å². The Hall–Kier alpha value is -3.51. The van der Waals surface area contributed by atoms with E-state index >= 15 is 0 Å². The highest BCUT2D eigenvalue weighted by molar-refractivity contribution is 7.80. The Morgan fingerprint density at radius 1 is 0.964 bits per heavy atom. The van der Waals surface area contributed by atoms with Crippen LogP contribution in [0.4, 0.5) is 5.69 Å². The summed E-state index contributed by atoms with van der Waals surface area (Å²) in [5.74, 6) is 0.0955. The maximum atomic E-state index is 12.2. The van der Waals surface area contributed by atoms with Crippen molar-refractivity contribution in [1.82, 2.24) is 5.43 Å². The summed E-state index contributed by atoms with van der Waals surface area (Å²) >= 11 is 5.18. The van der Waals surface area contributed by atoms with Crippen molar-refractivity contribution in [2.75, 3.05) is 5.32 Å². The van der Waals surface area contributed by atoms with E-state index in [1.807, 2.05) is 55.5 Å². The van der Waals surface area contributed by atoms with Gasteiger partial charge in [-0.1, -0.05) is 36.4 Å². The number of anilines is 1. The first-order valence-electron chi connectivity index (χ1n) is 8.65. The molecule has 3 rings (SSSR count). The highest BCUT2D eigenvalue weighted by Gasteiger charge is 2.10. The summed E-state index contributed by atoms with van der Waals surface area (Å²) in [6.07, 6.45) is 1.63. The van der Waals surface area contributed by atoms with Gasteiger partial charge in [0.05, 0.1) is 11.8 Å². The summed E-state index contributed by atoms with van der Waals surface area (Å²) in [4.78, 5) is 12.2. The van der Waals surface area contributed by atoms with Gasteiger partial charge in [0.2, 0.25) is 0 Å². The molecule has 3 aromatic rings. The van der Waals surface area contributed by atoms with Crippen LogP contribution in [-0.2, 0) is 0 Å². The topological polar surface area (TPSA) is 62.7 Å². The van der Waals surface area contributed by atoms with Crippen molar-refractivity contribution < 1.29 is 9.53 Å². The monoisotopic (exact) mass is 389 g/mol. The summed E-state index contributed by atoms with van der Waals surface area (Å²) in [7, 11) is 0. The molecule has 0 heterocycles. The fourth-order valence-electron chi connectivity index (χ4n) is 2.43. The van der Waals surface area contributed by atoms with Crippen LogP contribution in [0, 0.1) is 6.92 Å². The minimum absolute atomic E-state index is 0.376. The Morgan fingerprint density at radius 3 is 2.36 bits per heavy atom. The number of para-hydroxylation sites is 1. The average molecular weight is 389 g/mol. The van der Waals surface area contributed by atoms with E-state index in [2.05, 4.69) is 15.8 Å². The van der Waals surface area contributed by atoms with Gasteiger partial charge in [0.25, 0.3) is 0 Å². The van der Waals surface area contributed by atoms with Crippen LogP contribution in [0.25, 0.3) is 0 Å². The lowest BCUT2D eigenvalue weighted by molar-refractivity contribution is 0.0734. The zero-order valence-corrected chi connectivity index (χ0v) is 16.1. The quantitative estimate of drug-likeness (QED) is 0.221. The Labute approximate surface area is 169 Å². The van der Waals surface area contributed by atoms with Gasteiger partial charge in [0.1, 0.15) is 5.75 Å². The third kappa shape index (κ3) is 5.49. The zero-order valence-electron chi connectivity index (χ0n) is 15.3. The van der Waals surface area contributed by atoms with Crippen molar-refractivity contribution in [1.29, 1.82) is 0 Å². The van der Waals surface area contributed by atoms with Gasteiger partial charge in [0.15, 0.2) is 5.11 Å². The number of carbonyl (C=O) groups excluding carboxylic acids is 1. The molecule has 5 nitrogen and oxygen atoms in total. The first kappa shape index (κ1) is 19.3. The van der Waals surface area contributed by atoms with Gasteiger partial charge in [-0.2, -0.15) is 5.10 Å². The van der Waals surface area contributed by atoms with E-state index in [0.29, 0.717) is 16.4 Å². The second kappa shape index (κ2) is 9.43. The number of aryl methyl sites for hydroxylation is 1. The normalized spacial score (nSPS) is 10.5. The summed E-state index contributed by atoms with van der Waals surface area (Å²) in [6.45, 7) is 1.88. The van der Waals surface area contributed by atoms with Crippen LogP contribution in [0.2, 0.25) is 0 Å². The molecule has 28 heavy (non-hydrogen) atoms. The average Bonchev–Trinajstić information content (AvgIpc) is 2.70. The largest absolute Gasteiger partial charge is 0.423 e. The van der Waals surface area contributed by atoms with Crippen LogP contribution in [0.3, 0.4) is 0 Å². The van der Waals surface area contributed by atoms with E-state index in [-0.39, 0.29) is 5.97 Å². The van der Waals surface area contributed by atoms with Gasteiger partial charge in [-0.05, 0) is 72.7 Å². The second-order valence-electron chi connectivity index (χ2n) is 5.96. The molecule has 0 spiro atoms. The number of nitrogens with one attached hydrogen (secondary N) is 2. The number of benzene rings is 3. The summed E-state index contributed by atoms with van der Waals surface area (Å²) < 4.78 is 5.42. The number of rotatable bonds is 5. The van der Waals surface area contributed by atoms with Gasteiger partial charge < -0.3 is 10.1 Å². The molecule has 3 aromatic carbocycles. The van der Waals surface area contributed by atoms with E-state index in [1.54, 1.807) is 36.5 Å². The molecule has 0 aromatic heterocycles. The Balaban J connectivity index is 1.52. The molecule has 0 fully saturated rings. The minimum atomic E-state index is -0.376. The second-order valence-corrected chi connectivity index (χ2v) is 6.37. The number of hydrazone groups is 1. The lowest BCUT2D eigenvalue weighted by Gasteiger charge is -2.07. The number of carbonyl (C=O) groups is 1. The molecule has 0 saturated heterocycles. The number of hydrogen-bond donors (Lipinski definition) is 2. The molecule has 0 atom stereocenters. The van der Waals surface area contributed by atoms with Crippen molar-refractivity contribution in [3.8, 4) is 5.75 Å². The van der Waals surface area contributed by atoms with E-state index in [0.717, 1.165) is 16.8 Å². The SMILES string of the molecule is Cc1ccccc1C(=O)Oc1ccc(/C=N\NC(=S)Nc2ccccc2)cc1. The number of thiocarbonyl (C=S) groups is 1. The smallest absolute Gasteiger partial charge is 0.343 e. The van der Waals surface area contributed by atoms with Crippen LogP contribution in [0.5, 0.6) is 5.75 Å². The lowest BCUT2D eigenvalue weighted by Crippen LogP contribution is -2.23. The van der Waals surface area contributed by atoms with Gasteiger partial charge >= 0.3 is 5.97 Å². The van der Waals surface area contributed by atoms with Gasteiger partial charge in [-0.15, -0.1) is 0 Å². The van der Waals surface area contributed by atoms with E-state index in [1.165, 1.54) is 0 Å². The minimum Gasteiger partial charge on any atom is -0.423 e. The standard InChI is InChI=1S/C22H19N3O2S/c1-16-7-5-6-10-20(16)21(26)27-19-13-11-17(12-14-19)15-23-25-22(28)24-18-8-3-2-4-9-18/h2-15H,1H3,(H2,24,25,28)/b23-15-. The fraction of sp³-hybridized carbons (Fsp3) is 0.0455. The Kier molecular flexibility index (Phi) is 6.49. The van der Waals surface area contributed by atoms with E-state index in [4.69, 9.17) is 17.0 Å². The van der Waals surface area contributed by atoms with E-state index < -0.39 is 0 Å². The highest BCUT2D eigenvalue weighted by Crippen LogP contribution is 2.15. The van der Waals surface area contributed by atoms with Crippen LogP contribution in [0.1, 0.15) is 21.5 Å². The van der Waals surface area contributed by atoms with Crippen molar-refractivity contribution in [3.05, 3.63) is 95.6 Å². The molecule has 2 N–H and O–H groups in total. The number of hydrogen-bond acceptors (Lipinski definition) is 4. The summed E-state index contributed by atoms with van der Waals surface area (Å²) in [6, 6.07) is 24.0. The highest BCUT2D eigenvalue weighted by atomic mass is 32.1. The van der Waals surface area contributed by atoms with Crippen molar-refractivity contribution in [2.45, 2.75) is 6.92 Å². The Bertz CT molecular complexity index is 986. The van der Waals surface area contributed by atoms with Gasteiger partial charge in [-0.3, -0.25) is 5.43 Å². The van der Waals surface area contributed by atoms with Gasteiger partial charge in [-0.25, -0.2) is 4.79 Å². The molecule has 0 unspecified atom stereocenters. The molecule has 0 aliphatic rings. The third-order valence-electron chi connectivity index (χ3n) is 3.87. The molecule has 0 radical (unpaired) electrons. The number of esters is 1. The molecule has 0 saturated carbocycles. The van der Waals surface area contributed by atoms with Crippen molar-refractivity contribution in [2.24, 2.45) is 5.10 Å². The molecule has 140 valence electrons. The number of ether oxygens (including phenoxy) is 1. The van der Waals surface area contributed by atoms with Crippen LogP contribution >= 0.6 is 12.2 Å². The summed E-state index contributed by atoms with van der Waals surface area (Å²) in [5, 5.41) is 7.52. The van der Waals surface area contributed by atoms with Crippen LogP contribution < -0.4 is 15.5 Å². The zero-order chi connectivity index (χ0) is 19.8.